The van der Waals surface area contributed by atoms with Crippen molar-refractivity contribution in [3.05, 3.63) is 28.8 Å². The van der Waals surface area contributed by atoms with Gasteiger partial charge >= 0.3 is 29.2 Å². The number of ether oxygens (including phenoxy) is 1. The van der Waals surface area contributed by atoms with Crippen LogP contribution in [-0.2, 0) is 31.6 Å². The molecule has 0 amide bonds. The van der Waals surface area contributed by atoms with Crippen molar-refractivity contribution in [2.45, 2.75) is 24.5 Å². The largest absolute Gasteiger partial charge is 0.490 e. The summed E-state index contributed by atoms with van der Waals surface area (Å²) in [7, 11) is -16.8. The molecule has 6 unspecified atom stereocenters. The van der Waals surface area contributed by atoms with Crippen molar-refractivity contribution in [1.82, 2.24) is 9.55 Å². The van der Waals surface area contributed by atoms with Crippen molar-refractivity contribution in [2.75, 3.05) is 12.3 Å². The predicted octanol–water partition coefficient (Wildman–Crippen LogP) is -1.57. The fourth-order valence-electron chi connectivity index (χ4n) is 2.40. The van der Waals surface area contributed by atoms with Crippen molar-refractivity contribution >= 4 is 35.4 Å². The van der Waals surface area contributed by atoms with Gasteiger partial charge in [-0.25, -0.2) is 18.5 Å². The Morgan fingerprint density at radius 3 is 2.32 bits per heavy atom. The van der Waals surface area contributed by atoms with Crippen LogP contribution >= 0.6 is 23.5 Å². The molecule has 0 bridgehead atoms. The summed E-state index contributed by atoms with van der Waals surface area (Å²) < 4.78 is 51.1. The molecule has 8 N–H and O–H groups in total. The molecule has 6 atom stereocenters. The Balaban J connectivity index is 2.12. The van der Waals surface area contributed by atoms with Crippen molar-refractivity contribution in [2.24, 2.45) is 0 Å². The van der Waals surface area contributed by atoms with Crippen molar-refractivity contribution in [1.29, 1.82) is 0 Å². The van der Waals surface area contributed by atoms with Gasteiger partial charge in [-0.15, -0.1) is 0 Å². The lowest BCUT2D eigenvalue weighted by Gasteiger charge is -2.19. The molecule has 17 nitrogen and oxygen atoms in total. The Kier molecular flexibility index (Phi) is 7.78. The van der Waals surface area contributed by atoms with Crippen LogP contribution in [0, 0.1) is 0 Å². The van der Waals surface area contributed by atoms with Crippen LogP contribution in [0.3, 0.4) is 0 Å². The summed E-state index contributed by atoms with van der Waals surface area (Å²) in [5.74, 6) is -0.159. The van der Waals surface area contributed by atoms with E-state index in [-0.39, 0.29) is 11.4 Å². The van der Waals surface area contributed by atoms with Gasteiger partial charge in [-0.05, 0) is 0 Å². The molecule has 1 saturated heterocycles. The number of aliphatic hydroxyl groups excluding tert-OH is 2. The number of nitrogen functional groups attached to an aromatic ring is 1. The molecule has 2 rings (SSSR count). The van der Waals surface area contributed by atoms with Crippen LogP contribution in [-0.4, -0.2) is 64.3 Å². The molecule has 31 heavy (non-hydrogen) atoms. The first-order valence-corrected chi connectivity index (χ1v) is 12.4. The van der Waals surface area contributed by atoms with Gasteiger partial charge in [-0.1, -0.05) is 12.7 Å². The molecule has 1 aliphatic rings. The Hall–Kier alpha value is -1.29. The lowest BCUT2D eigenvalue weighted by atomic mass is 10.1. The van der Waals surface area contributed by atoms with Crippen LogP contribution in [0.4, 0.5) is 5.82 Å². The maximum Gasteiger partial charge on any atom is 0.490 e. The van der Waals surface area contributed by atoms with Gasteiger partial charge < -0.3 is 40.3 Å². The number of aliphatic hydroxyl groups is 2. The molecule has 1 aromatic heterocycles. The molecule has 0 aromatic carbocycles. The highest BCUT2D eigenvalue weighted by molar-refractivity contribution is 7.66. The maximum absolute atomic E-state index is 12.0. The maximum atomic E-state index is 12.0. The highest BCUT2D eigenvalue weighted by atomic mass is 31.3. The third kappa shape index (κ3) is 6.84. The predicted molar refractivity (Wildman–Crippen MR) is 98.7 cm³/mol. The molecule has 0 saturated carbocycles. The first-order chi connectivity index (χ1) is 14.1. The third-order valence-electron chi connectivity index (χ3n) is 3.66. The normalized spacial score (nSPS) is 28.1. The Bertz CT molecular complexity index is 1040. The molecule has 0 spiro atoms. The molecular weight excluding hydrogens is 491 g/mol. The van der Waals surface area contributed by atoms with Crippen LogP contribution in [0.2, 0.25) is 0 Å². The summed E-state index contributed by atoms with van der Waals surface area (Å²) in [5, 5.41) is 20.2. The lowest BCUT2D eigenvalue weighted by molar-refractivity contribution is -0.0541. The van der Waals surface area contributed by atoms with Crippen LogP contribution in [0.15, 0.2) is 17.6 Å². The second-order valence-corrected chi connectivity index (χ2v) is 10.3. The number of nitrogens with two attached hydrogens (primary N) is 1. The molecule has 0 radical (unpaired) electrons. The minimum atomic E-state index is -5.73. The van der Waals surface area contributed by atoms with E-state index in [9.17, 15) is 33.6 Å². The van der Waals surface area contributed by atoms with Crippen molar-refractivity contribution < 1.29 is 61.4 Å². The van der Waals surface area contributed by atoms with Gasteiger partial charge in [-0.3, -0.25) is 9.09 Å². The number of anilines is 1. The molecule has 1 aromatic rings. The number of phosphoric acid groups is 3. The SMILES string of the molecule is C=Cc1cn(C2OC(COP(=O)(O)OP(=O)(O)OP(=O)(O)O)C(O)C2O)c(=O)nc1N. The Morgan fingerprint density at radius 2 is 1.77 bits per heavy atom. The first kappa shape index (κ1) is 26.0. The van der Waals surface area contributed by atoms with Crippen LogP contribution in [0.1, 0.15) is 11.8 Å². The Morgan fingerprint density at radius 1 is 1.16 bits per heavy atom. The average molecular weight is 509 g/mol. The van der Waals surface area contributed by atoms with Gasteiger partial charge in [0.1, 0.15) is 24.1 Å². The number of rotatable bonds is 9. The smallest absolute Gasteiger partial charge is 0.387 e. The number of phosphoric ester groups is 1. The number of nitrogens with zero attached hydrogens (tertiary/aromatic N) is 2. The van der Waals surface area contributed by atoms with E-state index in [0.29, 0.717) is 0 Å². The summed E-state index contributed by atoms with van der Waals surface area (Å²) in [4.78, 5) is 51.0. The summed E-state index contributed by atoms with van der Waals surface area (Å²) in [6.07, 6.45) is -4.26. The molecule has 176 valence electrons. The van der Waals surface area contributed by atoms with Gasteiger partial charge in [0.25, 0.3) is 0 Å². The average Bonchev–Trinajstić information content (AvgIpc) is 2.85. The zero-order chi connectivity index (χ0) is 23.8. The van der Waals surface area contributed by atoms with E-state index in [4.69, 9.17) is 25.2 Å². The van der Waals surface area contributed by atoms with Crippen LogP contribution in [0.25, 0.3) is 6.08 Å². The van der Waals surface area contributed by atoms with E-state index in [2.05, 4.69) is 24.7 Å². The fourth-order valence-corrected chi connectivity index (χ4v) is 5.43. The summed E-state index contributed by atoms with van der Waals surface area (Å²) in [5.41, 5.74) is 4.76. The Labute approximate surface area is 172 Å². The van der Waals surface area contributed by atoms with E-state index < -0.39 is 60.3 Å². The molecule has 0 aliphatic carbocycles. The van der Waals surface area contributed by atoms with E-state index in [1.807, 2.05) is 0 Å². The molecule has 2 heterocycles. The molecule has 1 aliphatic heterocycles. The zero-order valence-electron chi connectivity index (χ0n) is 15.1. The molecular formula is C11H18N3O14P3. The highest BCUT2D eigenvalue weighted by Gasteiger charge is 2.46. The van der Waals surface area contributed by atoms with E-state index >= 15 is 0 Å². The van der Waals surface area contributed by atoms with Gasteiger partial charge in [0, 0.05) is 11.8 Å². The minimum Gasteiger partial charge on any atom is -0.387 e. The third-order valence-corrected chi connectivity index (χ3v) is 7.46. The highest BCUT2D eigenvalue weighted by Crippen LogP contribution is 2.66. The van der Waals surface area contributed by atoms with Gasteiger partial charge in [0.05, 0.1) is 6.61 Å². The van der Waals surface area contributed by atoms with E-state index in [1.54, 1.807) is 0 Å². The second-order valence-electron chi connectivity index (χ2n) is 5.91. The summed E-state index contributed by atoms with van der Waals surface area (Å²) >= 11 is 0. The van der Waals surface area contributed by atoms with Crippen LogP contribution in [0.5, 0.6) is 0 Å². The van der Waals surface area contributed by atoms with E-state index in [1.165, 1.54) is 6.08 Å². The number of hydrogen-bond donors (Lipinski definition) is 7. The summed E-state index contributed by atoms with van der Waals surface area (Å²) in [6.45, 7) is 2.42. The fraction of sp³-hybridized carbons (Fsp3) is 0.455. The molecule has 1 fully saturated rings. The standard InChI is InChI=1S/C11H18N3O14P3/c1-2-5-3-14(11(17)13-9(5)12)10-8(16)7(15)6(26-10)4-25-30(21,22)28-31(23,24)27-29(18,19)20/h2-3,6-8,10,15-16H,1,4H2,(H,21,22)(H,23,24)(H2,12,13,17)(H2,18,19,20). The van der Waals surface area contributed by atoms with Crippen molar-refractivity contribution in [3.63, 3.8) is 0 Å². The van der Waals surface area contributed by atoms with Gasteiger partial charge in [0.15, 0.2) is 6.23 Å². The number of hydrogen-bond acceptors (Lipinski definition) is 12. The molecule has 20 heteroatoms. The first-order valence-electron chi connectivity index (χ1n) is 7.86. The van der Waals surface area contributed by atoms with Gasteiger partial charge in [0.2, 0.25) is 0 Å². The van der Waals surface area contributed by atoms with Gasteiger partial charge in [-0.2, -0.15) is 13.6 Å². The second kappa shape index (κ2) is 9.29. The zero-order valence-corrected chi connectivity index (χ0v) is 17.8. The van der Waals surface area contributed by atoms with Crippen molar-refractivity contribution in [3.8, 4) is 0 Å². The summed E-state index contributed by atoms with van der Waals surface area (Å²) in [6, 6.07) is 0. The minimum absolute atomic E-state index is 0.159. The monoisotopic (exact) mass is 509 g/mol. The number of aromatic nitrogens is 2. The van der Waals surface area contributed by atoms with E-state index in [0.717, 1.165) is 10.8 Å². The lowest BCUT2D eigenvalue weighted by Crippen LogP contribution is -2.36. The van der Waals surface area contributed by atoms with Crippen LogP contribution < -0.4 is 11.4 Å². The topological polar surface area (TPSA) is 270 Å². The quantitative estimate of drug-likeness (QED) is 0.185.